The van der Waals surface area contributed by atoms with E-state index in [0.29, 0.717) is 11.3 Å². The molecule has 0 spiro atoms. The van der Waals surface area contributed by atoms with Crippen LogP contribution in [0.4, 0.5) is 0 Å². The summed E-state index contributed by atoms with van der Waals surface area (Å²) in [5.74, 6) is 0.371. The summed E-state index contributed by atoms with van der Waals surface area (Å²) in [4.78, 5) is 0. The Hall–Kier alpha value is -0.0800. The SMILES string of the molecule is CCC(CC)C(O)C1(OC)CCC(C)(C)CC1. The lowest BCUT2D eigenvalue weighted by molar-refractivity contribution is -0.154. The fourth-order valence-electron chi connectivity index (χ4n) is 3.14. The molecule has 1 fully saturated rings. The van der Waals surface area contributed by atoms with Crippen molar-refractivity contribution in [1.29, 1.82) is 0 Å². The third kappa shape index (κ3) is 3.23. The van der Waals surface area contributed by atoms with Crippen molar-refractivity contribution in [2.24, 2.45) is 11.3 Å². The van der Waals surface area contributed by atoms with Gasteiger partial charge in [-0.05, 0) is 37.0 Å². The first-order chi connectivity index (χ1) is 7.90. The summed E-state index contributed by atoms with van der Waals surface area (Å²) in [5, 5.41) is 10.6. The average molecular weight is 242 g/mol. The number of methoxy groups -OCH3 is 1. The summed E-state index contributed by atoms with van der Waals surface area (Å²) in [5.41, 5.74) is 0.127. The van der Waals surface area contributed by atoms with E-state index in [9.17, 15) is 5.11 Å². The highest BCUT2D eigenvalue weighted by Gasteiger charge is 2.45. The van der Waals surface area contributed by atoms with Gasteiger partial charge >= 0.3 is 0 Å². The molecule has 0 aliphatic heterocycles. The maximum Gasteiger partial charge on any atom is 0.0939 e. The summed E-state index contributed by atoms with van der Waals surface area (Å²) in [6.07, 6.45) is 6.05. The van der Waals surface area contributed by atoms with Gasteiger partial charge < -0.3 is 9.84 Å². The molecule has 0 aromatic heterocycles. The number of aliphatic hydroxyl groups excluding tert-OH is 1. The van der Waals surface area contributed by atoms with Crippen molar-refractivity contribution in [3.8, 4) is 0 Å². The third-order valence-electron chi connectivity index (χ3n) is 4.89. The number of hydrogen-bond donors (Lipinski definition) is 1. The summed E-state index contributed by atoms with van der Waals surface area (Å²) in [6, 6.07) is 0. The Balaban J connectivity index is 2.76. The minimum atomic E-state index is -0.307. The highest BCUT2D eigenvalue weighted by molar-refractivity contribution is 4.97. The van der Waals surface area contributed by atoms with E-state index < -0.39 is 0 Å². The number of ether oxygens (including phenoxy) is 1. The van der Waals surface area contributed by atoms with Crippen LogP contribution in [0.5, 0.6) is 0 Å². The lowest BCUT2D eigenvalue weighted by Crippen LogP contribution is -2.51. The lowest BCUT2D eigenvalue weighted by Gasteiger charge is -2.47. The van der Waals surface area contributed by atoms with Crippen LogP contribution in [-0.4, -0.2) is 23.9 Å². The maximum absolute atomic E-state index is 10.6. The van der Waals surface area contributed by atoms with E-state index in [1.54, 1.807) is 7.11 Å². The Morgan fingerprint density at radius 3 is 1.88 bits per heavy atom. The van der Waals surface area contributed by atoms with E-state index in [0.717, 1.165) is 38.5 Å². The molecular formula is C15H30O2. The molecule has 0 aromatic carbocycles. The predicted octanol–water partition coefficient (Wildman–Crippen LogP) is 3.77. The van der Waals surface area contributed by atoms with Crippen molar-refractivity contribution in [2.75, 3.05) is 7.11 Å². The lowest BCUT2D eigenvalue weighted by atomic mass is 9.67. The van der Waals surface area contributed by atoms with E-state index in [1.807, 2.05) is 0 Å². The van der Waals surface area contributed by atoms with E-state index in [2.05, 4.69) is 27.7 Å². The molecule has 0 bridgehead atoms. The first kappa shape index (κ1) is 15.0. The minimum Gasteiger partial charge on any atom is -0.390 e. The normalized spacial score (nSPS) is 24.9. The van der Waals surface area contributed by atoms with Gasteiger partial charge in [0.25, 0.3) is 0 Å². The van der Waals surface area contributed by atoms with Crippen molar-refractivity contribution in [2.45, 2.75) is 77.9 Å². The molecule has 1 N–H and O–H groups in total. The van der Waals surface area contributed by atoms with Crippen LogP contribution in [0.25, 0.3) is 0 Å². The zero-order valence-corrected chi connectivity index (χ0v) is 12.3. The quantitative estimate of drug-likeness (QED) is 0.795. The monoisotopic (exact) mass is 242 g/mol. The van der Waals surface area contributed by atoms with Crippen LogP contribution in [0, 0.1) is 11.3 Å². The van der Waals surface area contributed by atoms with Gasteiger partial charge in [0.15, 0.2) is 0 Å². The molecule has 0 saturated heterocycles. The molecule has 2 nitrogen and oxygen atoms in total. The first-order valence-corrected chi connectivity index (χ1v) is 7.14. The van der Waals surface area contributed by atoms with Crippen molar-refractivity contribution in [3.05, 3.63) is 0 Å². The standard InChI is InChI=1S/C15H30O2/c1-6-12(7-2)13(16)15(17-5)10-8-14(3,4)9-11-15/h12-13,16H,6-11H2,1-5H3. The summed E-state index contributed by atoms with van der Waals surface area (Å²) >= 11 is 0. The van der Waals surface area contributed by atoms with Gasteiger partial charge in [-0.15, -0.1) is 0 Å². The van der Waals surface area contributed by atoms with Gasteiger partial charge in [0.1, 0.15) is 0 Å². The van der Waals surface area contributed by atoms with E-state index in [4.69, 9.17) is 4.74 Å². The third-order valence-corrected chi connectivity index (χ3v) is 4.89. The topological polar surface area (TPSA) is 29.5 Å². The van der Waals surface area contributed by atoms with Gasteiger partial charge in [0.2, 0.25) is 0 Å². The van der Waals surface area contributed by atoms with Crippen LogP contribution in [0.15, 0.2) is 0 Å². The molecule has 1 saturated carbocycles. The van der Waals surface area contributed by atoms with Gasteiger partial charge in [-0.3, -0.25) is 0 Å². The first-order valence-electron chi connectivity index (χ1n) is 7.14. The van der Waals surface area contributed by atoms with E-state index in [1.165, 1.54) is 0 Å². The summed E-state index contributed by atoms with van der Waals surface area (Å²) in [7, 11) is 1.77. The zero-order chi connectivity index (χ0) is 13.1. The Morgan fingerprint density at radius 1 is 1.06 bits per heavy atom. The molecule has 0 amide bonds. The molecule has 102 valence electrons. The van der Waals surface area contributed by atoms with Crippen LogP contribution in [-0.2, 0) is 4.74 Å². The van der Waals surface area contributed by atoms with Crippen LogP contribution >= 0.6 is 0 Å². The molecule has 0 radical (unpaired) electrons. The fraction of sp³-hybridized carbons (Fsp3) is 1.00. The number of aliphatic hydroxyl groups is 1. The highest BCUT2D eigenvalue weighted by atomic mass is 16.5. The van der Waals surface area contributed by atoms with E-state index in [-0.39, 0.29) is 11.7 Å². The Bertz CT molecular complexity index is 221. The smallest absolute Gasteiger partial charge is 0.0939 e. The molecule has 0 aromatic rings. The van der Waals surface area contributed by atoms with Gasteiger partial charge in [-0.1, -0.05) is 40.5 Å². The van der Waals surface area contributed by atoms with Gasteiger partial charge in [0.05, 0.1) is 11.7 Å². The van der Waals surface area contributed by atoms with Crippen LogP contribution < -0.4 is 0 Å². The largest absolute Gasteiger partial charge is 0.390 e. The van der Waals surface area contributed by atoms with Gasteiger partial charge in [-0.2, -0.15) is 0 Å². The minimum absolute atomic E-state index is 0.286. The second kappa shape index (κ2) is 5.71. The maximum atomic E-state index is 10.6. The van der Waals surface area contributed by atoms with E-state index >= 15 is 0 Å². The van der Waals surface area contributed by atoms with Crippen LogP contribution in [0.2, 0.25) is 0 Å². The molecule has 1 atom stereocenters. The molecule has 1 aliphatic carbocycles. The molecule has 2 heteroatoms. The van der Waals surface area contributed by atoms with Gasteiger partial charge in [0, 0.05) is 7.11 Å². The summed E-state index contributed by atoms with van der Waals surface area (Å²) < 4.78 is 5.77. The van der Waals surface area contributed by atoms with Gasteiger partial charge in [-0.25, -0.2) is 0 Å². The molecule has 0 heterocycles. The fourth-order valence-corrected chi connectivity index (χ4v) is 3.14. The predicted molar refractivity (Wildman–Crippen MR) is 72.1 cm³/mol. The second-order valence-corrected chi connectivity index (χ2v) is 6.45. The van der Waals surface area contributed by atoms with Crippen molar-refractivity contribution >= 4 is 0 Å². The highest BCUT2D eigenvalue weighted by Crippen LogP contribution is 2.45. The van der Waals surface area contributed by atoms with Crippen LogP contribution in [0.1, 0.15) is 66.2 Å². The molecular weight excluding hydrogens is 212 g/mol. The molecule has 1 rings (SSSR count). The van der Waals surface area contributed by atoms with Crippen molar-refractivity contribution in [3.63, 3.8) is 0 Å². The molecule has 17 heavy (non-hydrogen) atoms. The second-order valence-electron chi connectivity index (χ2n) is 6.45. The number of rotatable bonds is 5. The summed E-state index contributed by atoms with van der Waals surface area (Å²) in [6.45, 7) is 8.95. The molecule has 1 aliphatic rings. The zero-order valence-electron chi connectivity index (χ0n) is 12.3. The number of hydrogen-bond acceptors (Lipinski definition) is 2. The Kier molecular flexibility index (Phi) is 5.03. The van der Waals surface area contributed by atoms with Crippen LogP contribution in [0.3, 0.4) is 0 Å². The Labute approximate surface area is 107 Å². The average Bonchev–Trinajstić information content (AvgIpc) is 2.31. The van der Waals surface area contributed by atoms with Crippen molar-refractivity contribution in [1.82, 2.24) is 0 Å². The van der Waals surface area contributed by atoms with Crippen molar-refractivity contribution < 1.29 is 9.84 Å². The Morgan fingerprint density at radius 2 is 1.53 bits per heavy atom. The molecule has 1 unspecified atom stereocenters.